The largest absolute Gasteiger partial charge is 0.495 e. The number of likely N-dealkylation sites (N-methyl/N-ethyl adjacent to an activating group) is 1. The summed E-state index contributed by atoms with van der Waals surface area (Å²) in [6.45, 7) is 5.31. The van der Waals surface area contributed by atoms with Crippen LogP contribution in [0.5, 0.6) is 5.75 Å². The number of hydrogen-bond donors (Lipinski definition) is 2. The van der Waals surface area contributed by atoms with E-state index in [9.17, 15) is 9.59 Å². The van der Waals surface area contributed by atoms with Gasteiger partial charge in [-0.05, 0) is 44.4 Å². The monoisotopic (exact) mass is 349 g/mol. The van der Waals surface area contributed by atoms with E-state index in [0.717, 1.165) is 25.9 Å². The molecule has 0 radical (unpaired) electrons. The first kappa shape index (κ1) is 19.1. The van der Waals surface area contributed by atoms with Gasteiger partial charge in [0.1, 0.15) is 5.75 Å². The highest BCUT2D eigenvalue weighted by molar-refractivity contribution is 5.94. The van der Waals surface area contributed by atoms with Gasteiger partial charge in [0.05, 0.1) is 18.9 Å². The van der Waals surface area contributed by atoms with Crippen LogP contribution in [0.1, 0.15) is 33.1 Å². The number of carbonyl (C=O) groups is 2. The predicted molar refractivity (Wildman–Crippen MR) is 97.2 cm³/mol. The van der Waals surface area contributed by atoms with Gasteiger partial charge in [-0.1, -0.05) is 0 Å². The van der Waals surface area contributed by atoms with Crippen LogP contribution in [0, 0.1) is 0 Å². The van der Waals surface area contributed by atoms with E-state index in [2.05, 4.69) is 10.6 Å². The van der Waals surface area contributed by atoms with Crippen molar-refractivity contribution in [2.45, 2.75) is 39.2 Å². The minimum atomic E-state index is -0.202. The minimum absolute atomic E-state index is 0.102. The van der Waals surface area contributed by atoms with E-state index in [4.69, 9.17) is 9.47 Å². The average molecular weight is 349 g/mol. The lowest BCUT2D eigenvalue weighted by Crippen LogP contribution is -2.41. The summed E-state index contributed by atoms with van der Waals surface area (Å²) in [5.74, 6) is 0.336. The maximum absolute atomic E-state index is 12.5. The number of nitrogens with one attached hydrogen (secondary N) is 2. The molecule has 1 saturated heterocycles. The van der Waals surface area contributed by atoms with Crippen molar-refractivity contribution in [1.29, 1.82) is 0 Å². The third-order valence-corrected chi connectivity index (χ3v) is 4.13. The van der Waals surface area contributed by atoms with Gasteiger partial charge in [0.25, 0.3) is 0 Å². The number of urea groups is 1. The normalized spacial score (nSPS) is 16.8. The maximum atomic E-state index is 12.5. The molecule has 1 fully saturated rings. The van der Waals surface area contributed by atoms with Crippen molar-refractivity contribution in [1.82, 2.24) is 4.90 Å². The van der Waals surface area contributed by atoms with Gasteiger partial charge in [-0.2, -0.15) is 0 Å². The van der Waals surface area contributed by atoms with Gasteiger partial charge in [-0.25, -0.2) is 4.79 Å². The Morgan fingerprint density at radius 3 is 2.72 bits per heavy atom. The molecular formula is C18H27N3O4. The predicted octanol–water partition coefficient (Wildman–Crippen LogP) is 3.08. The van der Waals surface area contributed by atoms with Crippen LogP contribution < -0.4 is 15.4 Å². The number of ether oxygens (including phenoxy) is 2. The first-order valence-electron chi connectivity index (χ1n) is 8.66. The summed E-state index contributed by atoms with van der Waals surface area (Å²) in [6.07, 6.45) is 3.32. The van der Waals surface area contributed by atoms with E-state index < -0.39 is 0 Å². The second-order valence-electron chi connectivity index (χ2n) is 6.05. The molecule has 0 saturated carbocycles. The molecule has 25 heavy (non-hydrogen) atoms. The zero-order valence-electron chi connectivity index (χ0n) is 15.1. The van der Waals surface area contributed by atoms with E-state index in [1.54, 1.807) is 23.1 Å². The van der Waals surface area contributed by atoms with Gasteiger partial charge in [-0.15, -0.1) is 0 Å². The second-order valence-corrected chi connectivity index (χ2v) is 6.05. The molecule has 138 valence electrons. The Labute approximate surface area is 148 Å². The number of rotatable bonds is 6. The molecule has 0 spiro atoms. The maximum Gasteiger partial charge on any atom is 0.321 e. The van der Waals surface area contributed by atoms with E-state index in [0.29, 0.717) is 30.2 Å². The lowest BCUT2D eigenvalue weighted by molar-refractivity contribution is -0.114. The van der Waals surface area contributed by atoms with Crippen LogP contribution in [0.25, 0.3) is 0 Å². The molecule has 1 aliphatic heterocycles. The van der Waals surface area contributed by atoms with Crippen molar-refractivity contribution in [3.63, 3.8) is 0 Å². The molecule has 1 aromatic rings. The lowest BCUT2D eigenvalue weighted by Gasteiger charge is -2.29. The summed E-state index contributed by atoms with van der Waals surface area (Å²) in [5, 5.41) is 5.57. The Balaban J connectivity index is 2.03. The number of carbonyl (C=O) groups excluding carboxylic acids is 2. The molecule has 3 amide bonds. The summed E-state index contributed by atoms with van der Waals surface area (Å²) in [6, 6.07) is 4.95. The standard InChI is InChI=1S/C18H27N3O4/c1-4-21(12-15-7-5-6-10-25-15)18(23)20-14-8-9-17(24-3)16(11-14)19-13(2)22/h8-9,11,15H,4-7,10,12H2,1-3H3,(H,19,22)(H,20,23)/t15-/m0/s1. The van der Waals surface area contributed by atoms with E-state index >= 15 is 0 Å². The fourth-order valence-corrected chi connectivity index (χ4v) is 2.83. The summed E-state index contributed by atoms with van der Waals surface area (Å²) in [7, 11) is 1.53. The van der Waals surface area contributed by atoms with Crippen molar-refractivity contribution in [2.75, 3.05) is 37.4 Å². The first-order chi connectivity index (χ1) is 12.0. The number of benzene rings is 1. The van der Waals surface area contributed by atoms with Crippen molar-refractivity contribution in [2.24, 2.45) is 0 Å². The number of nitrogens with zero attached hydrogens (tertiary/aromatic N) is 1. The Morgan fingerprint density at radius 2 is 2.12 bits per heavy atom. The Bertz CT molecular complexity index is 600. The van der Waals surface area contributed by atoms with E-state index in [1.807, 2.05) is 6.92 Å². The fourth-order valence-electron chi connectivity index (χ4n) is 2.83. The molecule has 0 aliphatic carbocycles. The van der Waals surface area contributed by atoms with Crippen LogP contribution in [0.4, 0.5) is 16.2 Å². The van der Waals surface area contributed by atoms with Crippen LogP contribution in [-0.2, 0) is 9.53 Å². The SMILES string of the molecule is CCN(C[C@@H]1CCCCO1)C(=O)Nc1ccc(OC)c(NC(C)=O)c1. The van der Waals surface area contributed by atoms with Gasteiger partial charge in [0.2, 0.25) is 5.91 Å². The number of anilines is 2. The van der Waals surface area contributed by atoms with E-state index in [1.165, 1.54) is 14.0 Å². The average Bonchev–Trinajstić information content (AvgIpc) is 2.60. The molecular weight excluding hydrogens is 322 g/mol. The van der Waals surface area contributed by atoms with Crippen LogP contribution in [-0.4, -0.2) is 49.7 Å². The highest BCUT2D eigenvalue weighted by atomic mass is 16.5. The molecule has 2 rings (SSSR count). The zero-order valence-corrected chi connectivity index (χ0v) is 15.1. The van der Waals surface area contributed by atoms with Gasteiger partial charge >= 0.3 is 6.03 Å². The molecule has 2 N–H and O–H groups in total. The summed E-state index contributed by atoms with van der Waals surface area (Å²) in [5.41, 5.74) is 1.11. The summed E-state index contributed by atoms with van der Waals surface area (Å²) < 4.78 is 10.9. The van der Waals surface area contributed by atoms with Gasteiger partial charge in [0, 0.05) is 32.3 Å². The van der Waals surface area contributed by atoms with Crippen LogP contribution in [0.3, 0.4) is 0 Å². The molecule has 1 atom stereocenters. The van der Waals surface area contributed by atoms with Gasteiger partial charge in [0.15, 0.2) is 0 Å². The first-order valence-corrected chi connectivity index (χ1v) is 8.66. The topological polar surface area (TPSA) is 79.9 Å². The summed E-state index contributed by atoms with van der Waals surface area (Å²) in [4.78, 5) is 25.6. The Morgan fingerprint density at radius 1 is 1.32 bits per heavy atom. The van der Waals surface area contributed by atoms with Crippen LogP contribution >= 0.6 is 0 Å². The summed E-state index contributed by atoms with van der Waals surface area (Å²) >= 11 is 0. The molecule has 0 unspecified atom stereocenters. The van der Waals surface area contributed by atoms with Crippen LogP contribution in [0.2, 0.25) is 0 Å². The molecule has 7 nitrogen and oxygen atoms in total. The number of hydrogen-bond acceptors (Lipinski definition) is 4. The third-order valence-electron chi connectivity index (χ3n) is 4.13. The zero-order chi connectivity index (χ0) is 18.2. The Kier molecular flexibility index (Phi) is 7.06. The highest BCUT2D eigenvalue weighted by Gasteiger charge is 2.20. The lowest BCUT2D eigenvalue weighted by atomic mass is 10.1. The van der Waals surface area contributed by atoms with Gasteiger partial charge in [-0.3, -0.25) is 4.79 Å². The minimum Gasteiger partial charge on any atom is -0.495 e. The molecule has 7 heteroatoms. The van der Waals surface area contributed by atoms with Crippen molar-refractivity contribution >= 4 is 23.3 Å². The quantitative estimate of drug-likeness (QED) is 0.827. The van der Waals surface area contributed by atoms with Crippen molar-refractivity contribution in [3.8, 4) is 5.75 Å². The second kappa shape index (κ2) is 9.27. The van der Waals surface area contributed by atoms with Gasteiger partial charge < -0.3 is 25.0 Å². The van der Waals surface area contributed by atoms with Crippen molar-refractivity contribution < 1.29 is 19.1 Å². The molecule has 0 aromatic heterocycles. The number of amides is 3. The van der Waals surface area contributed by atoms with E-state index in [-0.39, 0.29) is 18.0 Å². The molecule has 1 aliphatic rings. The molecule has 1 heterocycles. The third kappa shape index (κ3) is 5.63. The Hall–Kier alpha value is -2.28. The molecule has 1 aromatic carbocycles. The fraction of sp³-hybridized carbons (Fsp3) is 0.556. The highest BCUT2D eigenvalue weighted by Crippen LogP contribution is 2.28. The smallest absolute Gasteiger partial charge is 0.321 e. The van der Waals surface area contributed by atoms with Crippen molar-refractivity contribution in [3.05, 3.63) is 18.2 Å². The molecule has 0 bridgehead atoms. The number of methoxy groups -OCH3 is 1. The van der Waals surface area contributed by atoms with Crippen LogP contribution in [0.15, 0.2) is 18.2 Å².